The van der Waals surface area contributed by atoms with Gasteiger partial charge in [-0.05, 0) is 62.9 Å². The molecule has 0 aromatic heterocycles. The Kier molecular flexibility index (Phi) is 12.9. The minimum absolute atomic E-state index is 0.000648. The molecule has 3 atom stereocenters. The van der Waals surface area contributed by atoms with Gasteiger partial charge >= 0.3 is 0 Å². The minimum atomic E-state index is -1.02. The molecule has 2 aliphatic heterocycles. The molecular formula is C34H46N6O6. The van der Waals surface area contributed by atoms with Gasteiger partial charge in [-0.1, -0.05) is 48.9 Å². The van der Waals surface area contributed by atoms with Gasteiger partial charge in [0.15, 0.2) is 0 Å². The number of fused-ring (bicyclic) bond motifs is 1. The number of amides is 5. The quantitative estimate of drug-likeness (QED) is 0.324. The lowest BCUT2D eigenvalue weighted by Gasteiger charge is -2.32. The third-order valence-electron chi connectivity index (χ3n) is 8.54. The first-order chi connectivity index (χ1) is 22.2. The number of hydrogen-bond donors (Lipinski definition) is 4. The maximum atomic E-state index is 13.8. The van der Waals surface area contributed by atoms with E-state index in [1.54, 1.807) is 31.3 Å². The van der Waals surface area contributed by atoms with Crippen LogP contribution < -0.4 is 26.4 Å². The van der Waals surface area contributed by atoms with Crippen LogP contribution >= 0.6 is 0 Å². The molecule has 2 heterocycles. The fraction of sp³-hybridized carbons (Fsp3) is 0.500. The topological polar surface area (TPSA) is 163 Å². The number of likely N-dealkylation sites (tertiary alicyclic amines) is 1. The van der Waals surface area contributed by atoms with Gasteiger partial charge in [0, 0.05) is 33.0 Å². The van der Waals surface area contributed by atoms with Crippen molar-refractivity contribution in [1.29, 1.82) is 0 Å². The number of likely N-dealkylation sites (N-methyl/N-ethyl adjacent to an activating group) is 1. The van der Waals surface area contributed by atoms with Crippen LogP contribution in [0.15, 0.2) is 54.6 Å². The van der Waals surface area contributed by atoms with Crippen LogP contribution in [-0.4, -0.2) is 97.3 Å². The third kappa shape index (κ3) is 10.3. The van der Waals surface area contributed by atoms with Gasteiger partial charge < -0.3 is 36.2 Å². The average molecular weight is 635 g/mol. The summed E-state index contributed by atoms with van der Waals surface area (Å²) in [6.07, 6.45) is 3.69. The molecule has 1 fully saturated rings. The summed E-state index contributed by atoms with van der Waals surface area (Å²) in [5, 5.41) is 8.48. The Morgan fingerprint density at radius 2 is 1.70 bits per heavy atom. The number of nitrogens with one attached hydrogen (secondary N) is 3. The number of carbonyl (C=O) groups is 5. The normalized spacial score (nSPS) is 21.9. The number of rotatable bonds is 9. The highest BCUT2D eigenvalue weighted by atomic mass is 16.5. The molecule has 0 bridgehead atoms. The van der Waals surface area contributed by atoms with Crippen LogP contribution in [0.2, 0.25) is 0 Å². The molecule has 1 saturated heterocycles. The molecule has 248 valence electrons. The lowest BCUT2D eigenvalue weighted by molar-refractivity contribution is -0.138. The van der Waals surface area contributed by atoms with E-state index in [9.17, 15) is 24.0 Å². The highest BCUT2D eigenvalue weighted by Crippen LogP contribution is 2.21. The predicted molar refractivity (Wildman–Crippen MR) is 173 cm³/mol. The Morgan fingerprint density at radius 1 is 0.978 bits per heavy atom. The zero-order valence-electron chi connectivity index (χ0n) is 26.5. The summed E-state index contributed by atoms with van der Waals surface area (Å²) >= 11 is 0. The molecular weight excluding hydrogens is 588 g/mol. The molecule has 12 nitrogen and oxygen atoms in total. The molecule has 0 spiro atoms. The molecule has 2 aromatic carbocycles. The monoisotopic (exact) mass is 634 g/mol. The van der Waals surface area contributed by atoms with Crippen molar-refractivity contribution in [3.8, 4) is 5.75 Å². The SMILES string of the molecule is CN1C(=O)[C@H](CCC(N)=O)NC(=O)CC[C@@H](C(=O)NCCN2CCCCC2)NC(=O)c2ccccc2OC[C@H]1Cc1ccccc1. The van der Waals surface area contributed by atoms with Gasteiger partial charge in [-0.15, -0.1) is 0 Å². The summed E-state index contributed by atoms with van der Waals surface area (Å²) < 4.78 is 6.20. The number of ether oxygens (including phenoxy) is 1. The van der Waals surface area contributed by atoms with E-state index < -0.39 is 47.7 Å². The van der Waals surface area contributed by atoms with Crippen molar-refractivity contribution in [3.05, 3.63) is 65.7 Å². The van der Waals surface area contributed by atoms with E-state index in [4.69, 9.17) is 10.5 Å². The summed E-state index contributed by atoms with van der Waals surface area (Å²) in [7, 11) is 1.63. The van der Waals surface area contributed by atoms with Gasteiger partial charge in [0.2, 0.25) is 23.6 Å². The third-order valence-corrected chi connectivity index (χ3v) is 8.54. The summed E-state index contributed by atoms with van der Waals surface area (Å²) in [4.78, 5) is 69.4. The fourth-order valence-electron chi connectivity index (χ4n) is 5.82. The number of carbonyl (C=O) groups excluding carboxylic acids is 5. The Morgan fingerprint density at radius 3 is 2.43 bits per heavy atom. The second-order valence-corrected chi connectivity index (χ2v) is 12.0. The zero-order chi connectivity index (χ0) is 32.9. The first kappa shape index (κ1) is 34.4. The van der Waals surface area contributed by atoms with Crippen LogP contribution in [0.4, 0.5) is 0 Å². The number of nitrogens with two attached hydrogens (primary N) is 1. The molecule has 0 aliphatic carbocycles. The fourth-order valence-corrected chi connectivity index (χ4v) is 5.82. The number of nitrogens with zero attached hydrogens (tertiary/aromatic N) is 2. The molecule has 46 heavy (non-hydrogen) atoms. The highest BCUT2D eigenvalue weighted by molar-refractivity contribution is 6.00. The van der Waals surface area contributed by atoms with Crippen molar-refractivity contribution in [1.82, 2.24) is 25.8 Å². The molecule has 5 amide bonds. The summed E-state index contributed by atoms with van der Waals surface area (Å²) in [6, 6.07) is 13.8. The van der Waals surface area contributed by atoms with Gasteiger partial charge in [-0.3, -0.25) is 24.0 Å². The number of piperidine rings is 1. The van der Waals surface area contributed by atoms with E-state index in [2.05, 4.69) is 20.9 Å². The molecule has 2 aliphatic rings. The molecule has 0 radical (unpaired) electrons. The van der Waals surface area contributed by atoms with Crippen LogP contribution in [0, 0.1) is 0 Å². The van der Waals surface area contributed by atoms with Crippen LogP contribution in [0.1, 0.15) is 60.9 Å². The van der Waals surface area contributed by atoms with E-state index in [1.807, 2.05) is 30.3 Å². The maximum Gasteiger partial charge on any atom is 0.255 e. The van der Waals surface area contributed by atoms with Crippen LogP contribution in [0.25, 0.3) is 0 Å². The van der Waals surface area contributed by atoms with Crippen LogP contribution in [-0.2, 0) is 25.6 Å². The summed E-state index contributed by atoms with van der Waals surface area (Å²) in [6.45, 7) is 3.13. The van der Waals surface area contributed by atoms with E-state index in [0.717, 1.165) is 31.5 Å². The Hall–Kier alpha value is -4.45. The Bertz CT molecular complexity index is 1350. The number of primary amides is 1. The molecule has 12 heteroatoms. The van der Waals surface area contributed by atoms with Crippen molar-refractivity contribution in [2.75, 3.05) is 39.8 Å². The van der Waals surface area contributed by atoms with Crippen molar-refractivity contribution >= 4 is 29.5 Å². The van der Waals surface area contributed by atoms with E-state index in [1.165, 1.54) is 11.3 Å². The van der Waals surface area contributed by atoms with Crippen LogP contribution in [0.3, 0.4) is 0 Å². The molecule has 4 rings (SSSR count). The van der Waals surface area contributed by atoms with Gasteiger partial charge in [0.05, 0.1) is 11.6 Å². The number of para-hydroxylation sites is 1. The van der Waals surface area contributed by atoms with Crippen molar-refractivity contribution < 1.29 is 28.7 Å². The molecule has 0 unspecified atom stereocenters. The first-order valence-electron chi connectivity index (χ1n) is 16.1. The van der Waals surface area contributed by atoms with Crippen LogP contribution in [0.5, 0.6) is 5.75 Å². The second kappa shape index (κ2) is 17.3. The highest BCUT2D eigenvalue weighted by Gasteiger charge is 2.31. The second-order valence-electron chi connectivity index (χ2n) is 12.0. The van der Waals surface area contributed by atoms with Gasteiger partial charge in [-0.2, -0.15) is 0 Å². The van der Waals surface area contributed by atoms with E-state index in [0.29, 0.717) is 25.3 Å². The lowest BCUT2D eigenvalue weighted by Crippen LogP contribution is -2.52. The largest absolute Gasteiger partial charge is 0.491 e. The Balaban J connectivity index is 1.58. The predicted octanol–water partition coefficient (Wildman–Crippen LogP) is 1.38. The molecule has 2 aromatic rings. The van der Waals surface area contributed by atoms with Crippen molar-refractivity contribution in [3.63, 3.8) is 0 Å². The van der Waals surface area contributed by atoms with E-state index in [-0.39, 0.29) is 37.9 Å². The molecule has 5 N–H and O–H groups in total. The van der Waals surface area contributed by atoms with Crippen molar-refractivity contribution in [2.45, 2.75) is 69.5 Å². The zero-order valence-corrected chi connectivity index (χ0v) is 26.5. The number of hydrogen-bond acceptors (Lipinski definition) is 7. The molecule has 0 saturated carbocycles. The average Bonchev–Trinajstić information content (AvgIpc) is 3.06. The maximum absolute atomic E-state index is 13.8. The smallest absolute Gasteiger partial charge is 0.255 e. The van der Waals surface area contributed by atoms with Gasteiger partial charge in [-0.25, -0.2) is 0 Å². The standard InChI is InChI=1S/C34H46N6O6/c1-39-25(22-24-10-4-2-5-11-24)23-46-29-13-7-6-12-26(29)32(43)38-27(33(44)36-18-21-40-19-8-3-9-20-40)15-17-31(42)37-28(34(39)45)14-16-30(35)41/h2,4-7,10-13,25,27-28H,3,8-9,14-23H2,1H3,(H2,35,41)(H,36,44)(H,37,42)(H,38,43)/t25-,27+,28+/m1/s1. The minimum Gasteiger partial charge on any atom is -0.491 e. The Labute approximate surface area is 270 Å². The van der Waals surface area contributed by atoms with Gasteiger partial charge in [0.25, 0.3) is 5.91 Å². The van der Waals surface area contributed by atoms with E-state index >= 15 is 0 Å². The lowest BCUT2D eigenvalue weighted by atomic mass is 10.0. The first-order valence-corrected chi connectivity index (χ1v) is 16.1. The van der Waals surface area contributed by atoms with Crippen molar-refractivity contribution in [2.24, 2.45) is 5.73 Å². The number of benzene rings is 2. The van der Waals surface area contributed by atoms with Gasteiger partial charge in [0.1, 0.15) is 24.4 Å². The summed E-state index contributed by atoms with van der Waals surface area (Å²) in [5.74, 6) is -2.08. The summed E-state index contributed by atoms with van der Waals surface area (Å²) in [5.41, 5.74) is 6.59.